The van der Waals surface area contributed by atoms with Gasteiger partial charge in [-0.1, -0.05) is 0 Å². The number of hydrogen-bond donors (Lipinski definition) is 1. The van der Waals surface area contributed by atoms with Gasteiger partial charge in [-0.3, -0.25) is 0 Å². The van der Waals surface area contributed by atoms with E-state index in [1.165, 1.54) is 0 Å². The smallest absolute Gasteiger partial charge is 0.135 e. The molecule has 0 aliphatic carbocycles. The predicted octanol–water partition coefficient (Wildman–Crippen LogP) is -0.381. The second-order valence-corrected chi connectivity index (χ2v) is 4.45. The molecule has 0 N–H and O–H groups in total. The van der Waals surface area contributed by atoms with Crippen LogP contribution in [0.1, 0.15) is 0 Å². The summed E-state index contributed by atoms with van der Waals surface area (Å²) in [5.41, 5.74) is 0. The largest absolute Gasteiger partial charge is 0.360 e. The van der Waals surface area contributed by atoms with Crippen LogP contribution < -0.4 is 0 Å². The Morgan fingerprint density at radius 2 is 2.00 bits per heavy atom. The maximum Gasteiger partial charge on any atom is 0.135 e. The van der Waals surface area contributed by atoms with Crippen LogP contribution in [0.4, 0.5) is 0 Å². The lowest BCUT2D eigenvalue weighted by atomic mass is 11.3. The van der Waals surface area contributed by atoms with Gasteiger partial charge in [-0.15, -0.1) is 0 Å². The molecule has 0 fully saturated rings. The Bertz CT molecular complexity index is 49.3. The van der Waals surface area contributed by atoms with Crippen LogP contribution in [-0.2, 0) is 9.47 Å². The highest BCUT2D eigenvalue weighted by Gasteiger charge is 2.01. The van der Waals surface area contributed by atoms with Crippen molar-refractivity contribution in [3.63, 3.8) is 0 Å². The molecular weight excluding hydrogens is 140 g/mol. The van der Waals surface area contributed by atoms with Crippen molar-refractivity contribution in [2.75, 3.05) is 19.6 Å². The van der Waals surface area contributed by atoms with Crippen LogP contribution in [0.5, 0.6) is 0 Å². The topological polar surface area (TPSA) is 18.5 Å². The van der Waals surface area contributed by atoms with E-state index in [0.717, 1.165) is 5.38 Å². The monoisotopic (exact) mass is 152 g/mol. The standard InChI is InChI=1S/C4H12O2SSi/c1-5-4(6-2)8-3-7/h4,7H,3,8H2,1-2H3. The lowest BCUT2D eigenvalue weighted by Crippen LogP contribution is -2.22. The molecule has 0 aromatic heterocycles. The molecule has 0 saturated carbocycles. The van der Waals surface area contributed by atoms with Crippen molar-refractivity contribution >= 4 is 22.1 Å². The third-order valence-electron chi connectivity index (χ3n) is 0.891. The molecule has 0 saturated heterocycles. The first-order valence-electron chi connectivity index (χ1n) is 2.51. The molecule has 8 heavy (non-hydrogen) atoms. The second kappa shape index (κ2) is 5.62. The van der Waals surface area contributed by atoms with Crippen molar-refractivity contribution in [1.29, 1.82) is 0 Å². The van der Waals surface area contributed by atoms with Crippen LogP contribution >= 0.6 is 12.6 Å². The third-order valence-corrected chi connectivity index (χ3v) is 3.06. The van der Waals surface area contributed by atoms with Crippen molar-refractivity contribution in [1.82, 2.24) is 0 Å². The molecule has 0 atom stereocenters. The Hall–Kier alpha value is 0.487. The Morgan fingerprint density at radius 3 is 2.12 bits per heavy atom. The summed E-state index contributed by atoms with van der Waals surface area (Å²) >= 11 is 4.07. The minimum Gasteiger partial charge on any atom is -0.360 e. The van der Waals surface area contributed by atoms with Crippen LogP contribution in [0.3, 0.4) is 0 Å². The number of rotatable bonds is 4. The molecule has 50 valence electrons. The van der Waals surface area contributed by atoms with Gasteiger partial charge < -0.3 is 9.47 Å². The molecule has 0 rings (SSSR count). The summed E-state index contributed by atoms with van der Waals surface area (Å²) in [5.74, 6) is 0.0625. The number of methoxy groups -OCH3 is 2. The minimum atomic E-state index is -0.245. The lowest BCUT2D eigenvalue weighted by Gasteiger charge is -2.09. The van der Waals surface area contributed by atoms with E-state index < -0.39 is 0 Å². The zero-order valence-corrected chi connectivity index (χ0v) is 7.56. The fourth-order valence-electron chi connectivity index (χ4n) is 0.437. The molecule has 0 aliphatic rings. The maximum atomic E-state index is 4.93. The molecule has 4 heteroatoms. The molecule has 0 aromatic carbocycles. The van der Waals surface area contributed by atoms with Gasteiger partial charge in [0.25, 0.3) is 0 Å². The molecule has 0 aromatic rings. The van der Waals surface area contributed by atoms with Gasteiger partial charge in [0.05, 0.1) is 9.52 Å². The van der Waals surface area contributed by atoms with Gasteiger partial charge in [0, 0.05) is 14.2 Å². The number of hydrogen-bond acceptors (Lipinski definition) is 3. The zero-order chi connectivity index (χ0) is 6.41. The van der Waals surface area contributed by atoms with Crippen LogP contribution in [-0.4, -0.2) is 35.0 Å². The summed E-state index contributed by atoms with van der Waals surface area (Å²) in [7, 11) is 3.07. The Labute approximate surface area is 57.8 Å². The normalized spacial score (nSPS) is 12.0. The summed E-state index contributed by atoms with van der Waals surface area (Å²) in [4.78, 5) is 0. The average Bonchev–Trinajstić information content (AvgIpc) is 1.83. The van der Waals surface area contributed by atoms with E-state index in [1.807, 2.05) is 0 Å². The average molecular weight is 152 g/mol. The van der Waals surface area contributed by atoms with Crippen molar-refractivity contribution in [2.45, 2.75) is 5.91 Å². The summed E-state index contributed by atoms with van der Waals surface area (Å²) in [6.45, 7) is 0. The highest BCUT2D eigenvalue weighted by molar-refractivity contribution is 7.81. The lowest BCUT2D eigenvalue weighted by molar-refractivity contribution is -0.0436. The summed E-state index contributed by atoms with van der Waals surface area (Å²) in [6, 6.07) is 0. The van der Waals surface area contributed by atoms with Gasteiger partial charge in [0.15, 0.2) is 0 Å². The van der Waals surface area contributed by atoms with Crippen LogP contribution in [0.15, 0.2) is 0 Å². The van der Waals surface area contributed by atoms with Gasteiger partial charge in [-0.25, -0.2) is 0 Å². The Kier molecular flexibility index (Phi) is 5.96. The molecule has 0 heterocycles. The number of thiol groups is 1. The van der Waals surface area contributed by atoms with Gasteiger partial charge >= 0.3 is 0 Å². The van der Waals surface area contributed by atoms with Crippen molar-refractivity contribution in [3.8, 4) is 0 Å². The van der Waals surface area contributed by atoms with Gasteiger partial charge in [-0.2, -0.15) is 12.6 Å². The van der Waals surface area contributed by atoms with Gasteiger partial charge in [0.2, 0.25) is 0 Å². The molecular formula is C4H12O2SSi. The highest BCUT2D eigenvalue weighted by atomic mass is 32.1. The Morgan fingerprint density at radius 1 is 1.50 bits per heavy atom. The Balaban J connectivity index is 3.07. The van der Waals surface area contributed by atoms with E-state index >= 15 is 0 Å². The first-order valence-corrected chi connectivity index (χ1v) is 4.96. The van der Waals surface area contributed by atoms with E-state index in [1.54, 1.807) is 14.2 Å². The molecule has 0 bridgehead atoms. The van der Waals surface area contributed by atoms with Crippen molar-refractivity contribution < 1.29 is 9.47 Å². The van der Waals surface area contributed by atoms with E-state index in [-0.39, 0.29) is 15.4 Å². The van der Waals surface area contributed by atoms with Crippen molar-refractivity contribution in [2.24, 2.45) is 0 Å². The summed E-state index contributed by atoms with van der Waals surface area (Å²) < 4.78 is 9.86. The van der Waals surface area contributed by atoms with E-state index in [0.29, 0.717) is 0 Å². The predicted molar refractivity (Wildman–Crippen MR) is 40.2 cm³/mol. The third kappa shape index (κ3) is 3.48. The molecule has 0 aliphatic heterocycles. The SMILES string of the molecule is COC(OC)[SiH2]CS. The first kappa shape index (κ1) is 8.49. The van der Waals surface area contributed by atoms with Crippen LogP contribution in [0.2, 0.25) is 0 Å². The molecule has 0 spiro atoms. The minimum absolute atomic E-state index is 0.0625. The van der Waals surface area contributed by atoms with Crippen LogP contribution in [0.25, 0.3) is 0 Å². The second-order valence-electron chi connectivity index (χ2n) is 1.41. The molecule has 0 amide bonds. The van der Waals surface area contributed by atoms with Gasteiger partial charge in [0.1, 0.15) is 5.91 Å². The quantitative estimate of drug-likeness (QED) is 0.336. The first-order chi connectivity index (χ1) is 3.85. The molecule has 0 radical (unpaired) electrons. The van der Waals surface area contributed by atoms with Crippen molar-refractivity contribution in [3.05, 3.63) is 0 Å². The molecule has 0 unspecified atom stereocenters. The highest BCUT2D eigenvalue weighted by Crippen LogP contribution is 1.87. The van der Waals surface area contributed by atoms with E-state index in [4.69, 9.17) is 9.47 Å². The van der Waals surface area contributed by atoms with Gasteiger partial charge in [-0.05, 0) is 5.38 Å². The fraction of sp³-hybridized carbons (Fsp3) is 1.00. The zero-order valence-electron chi connectivity index (χ0n) is 5.26. The fourth-order valence-corrected chi connectivity index (χ4v) is 1.75. The van der Waals surface area contributed by atoms with E-state index in [2.05, 4.69) is 12.6 Å². The van der Waals surface area contributed by atoms with E-state index in [9.17, 15) is 0 Å². The summed E-state index contributed by atoms with van der Waals surface area (Å²) in [5, 5.41) is 0.937. The molecule has 2 nitrogen and oxygen atoms in total. The number of ether oxygens (including phenoxy) is 2. The van der Waals surface area contributed by atoms with Crippen LogP contribution in [0, 0.1) is 0 Å². The summed E-state index contributed by atoms with van der Waals surface area (Å²) in [6.07, 6.45) is 0. The maximum absolute atomic E-state index is 4.93.